The third-order valence-electron chi connectivity index (χ3n) is 5.94. The number of nitrogens with zero attached hydrogens (tertiary/aromatic N) is 4. The summed E-state index contributed by atoms with van der Waals surface area (Å²) >= 11 is 0. The minimum atomic E-state index is -2.56. The number of nitrogens with one attached hydrogen (secondary N) is 2. The van der Waals surface area contributed by atoms with E-state index in [4.69, 9.17) is 0 Å². The van der Waals surface area contributed by atoms with Crippen LogP contribution < -0.4 is 10.2 Å². The molecule has 0 bridgehead atoms. The number of urea groups is 1. The summed E-state index contributed by atoms with van der Waals surface area (Å²) in [5.74, 6) is 0.965. The van der Waals surface area contributed by atoms with Crippen molar-refractivity contribution in [2.45, 2.75) is 78.7 Å². The van der Waals surface area contributed by atoms with Gasteiger partial charge >= 0.3 is 6.03 Å². The van der Waals surface area contributed by atoms with Gasteiger partial charge in [0.15, 0.2) is 5.82 Å². The van der Waals surface area contributed by atoms with Gasteiger partial charge in [-0.1, -0.05) is 52.4 Å². The highest BCUT2D eigenvalue weighted by atomic mass is 19.3. The monoisotopic (exact) mass is 464 g/mol. The molecule has 0 unspecified atom stereocenters. The van der Waals surface area contributed by atoms with Gasteiger partial charge in [0, 0.05) is 50.1 Å². The molecule has 2 amide bonds. The normalized spacial score (nSPS) is 15.0. The number of H-pyrrole nitrogens is 1. The highest BCUT2D eigenvalue weighted by Gasteiger charge is 2.27. The number of carbonyl (C=O) groups excluding carboxylic acids is 1. The second kappa shape index (κ2) is 13.1. The van der Waals surface area contributed by atoms with Crippen LogP contribution in [0.25, 0.3) is 0 Å². The smallest absolute Gasteiger partial charge is 0.317 e. The van der Waals surface area contributed by atoms with Crippen LogP contribution >= 0.6 is 0 Å². The topological polar surface area (TPSA) is 77.2 Å². The highest BCUT2D eigenvalue weighted by Crippen LogP contribution is 2.32. The zero-order chi connectivity index (χ0) is 24.4. The maximum absolute atomic E-state index is 13.1. The van der Waals surface area contributed by atoms with E-state index >= 15 is 0 Å². The lowest BCUT2D eigenvalue weighted by atomic mass is 10.0. The third-order valence-corrected chi connectivity index (χ3v) is 5.94. The van der Waals surface area contributed by atoms with E-state index in [1.807, 2.05) is 13.8 Å². The summed E-state index contributed by atoms with van der Waals surface area (Å²) in [6.07, 6.45) is 8.53. The number of fused-ring (bicyclic) bond motifs is 1. The molecule has 2 aromatic rings. The number of alkyl halides is 2. The summed E-state index contributed by atoms with van der Waals surface area (Å²) in [7, 11) is 3.31. The Hall–Kier alpha value is -2.71. The van der Waals surface area contributed by atoms with Crippen molar-refractivity contribution in [2.24, 2.45) is 0 Å². The van der Waals surface area contributed by atoms with E-state index in [2.05, 4.69) is 20.5 Å². The first-order chi connectivity index (χ1) is 15.9. The number of aromatic amines is 1. The number of hydrogen-bond acceptors (Lipinski definition) is 4. The van der Waals surface area contributed by atoms with Crippen molar-refractivity contribution in [3.05, 3.63) is 34.6 Å². The van der Waals surface area contributed by atoms with Crippen LogP contribution in [-0.4, -0.2) is 46.8 Å². The molecule has 1 saturated carbocycles. The number of anilines is 2. The molecule has 2 aliphatic rings. The highest BCUT2D eigenvalue weighted by molar-refractivity contribution is 5.74. The van der Waals surface area contributed by atoms with Gasteiger partial charge in [0.1, 0.15) is 5.82 Å². The first kappa shape index (κ1) is 26.5. The lowest BCUT2D eigenvalue weighted by Gasteiger charge is -2.28. The molecule has 184 valence electrons. The fourth-order valence-corrected chi connectivity index (χ4v) is 4.00. The van der Waals surface area contributed by atoms with E-state index in [1.54, 1.807) is 30.8 Å². The minimum absolute atomic E-state index is 0.0479. The summed E-state index contributed by atoms with van der Waals surface area (Å²) < 4.78 is 26.3. The summed E-state index contributed by atoms with van der Waals surface area (Å²) in [4.78, 5) is 19.5. The maximum Gasteiger partial charge on any atom is 0.317 e. The minimum Gasteiger partial charge on any atom is -0.341 e. The van der Waals surface area contributed by atoms with Crippen molar-refractivity contribution >= 4 is 17.7 Å². The number of hydrogen-bond donors (Lipinski definition) is 2. The molecule has 2 N–H and O–H groups in total. The standard InChI is InChI=1S/C16H20F2N6O.C6H12.C2H6/c1-9-7-20-13(6-10(9)14(17)18)23(3)15-11-8-24(16(25)19-2)5-4-12(11)21-22-15;1-2-4-6-5-3-1;1-2/h6-7,14H,4-5,8H2,1-3H3,(H,19,25)(H,21,22);1-6H2;1-2H3. The fraction of sp³-hybridized carbons (Fsp3) is 0.625. The predicted molar refractivity (Wildman–Crippen MR) is 128 cm³/mol. The van der Waals surface area contributed by atoms with E-state index in [0.717, 1.165) is 11.3 Å². The summed E-state index contributed by atoms with van der Waals surface area (Å²) in [5.41, 5.74) is 2.22. The number of amides is 2. The zero-order valence-corrected chi connectivity index (χ0v) is 20.5. The van der Waals surface area contributed by atoms with Crippen LogP contribution in [0.3, 0.4) is 0 Å². The van der Waals surface area contributed by atoms with Gasteiger partial charge in [0.2, 0.25) is 0 Å². The van der Waals surface area contributed by atoms with Crippen LogP contribution in [-0.2, 0) is 13.0 Å². The molecule has 7 nitrogen and oxygen atoms in total. The van der Waals surface area contributed by atoms with Gasteiger partial charge in [-0.15, -0.1) is 0 Å². The second-order valence-electron chi connectivity index (χ2n) is 8.11. The Balaban J connectivity index is 0.000000411. The van der Waals surface area contributed by atoms with E-state index in [0.29, 0.717) is 36.7 Å². The molecule has 4 rings (SSSR count). The number of halogens is 2. The number of aromatic nitrogens is 3. The molecule has 0 aromatic carbocycles. The Bertz CT molecular complexity index is 870. The van der Waals surface area contributed by atoms with Crippen molar-refractivity contribution in [1.29, 1.82) is 0 Å². The van der Waals surface area contributed by atoms with Crippen molar-refractivity contribution in [2.75, 3.05) is 25.5 Å². The van der Waals surface area contributed by atoms with E-state index in [9.17, 15) is 13.6 Å². The van der Waals surface area contributed by atoms with Crippen LogP contribution in [0.15, 0.2) is 12.3 Å². The van der Waals surface area contributed by atoms with Gasteiger partial charge < -0.3 is 15.1 Å². The maximum atomic E-state index is 13.1. The molecular formula is C24H38F2N6O. The predicted octanol–water partition coefficient (Wildman–Crippen LogP) is 5.88. The van der Waals surface area contributed by atoms with Gasteiger partial charge in [-0.25, -0.2) is 18.6 Å². The van der Waals surface area contributed by atoms with Gasteiger partial charge in [0.05, 0.1) is 6.54 Å². The molecule has 33 heavy (non-hydrogen) atoms. The van der Waals surface area contributed by atoms with E-state index in [-0.39, 0.29) is 11.6 Å². The van der Waals surface area contributed by atoms with E-state index in [1.165, 1.54) is 50.8 Å². The van der Waals surface area contributed by atoms with Crippen LogP contribution in [0.5, 0.6) is 0 Å². The number of carbonyl (C=O) groups is 1. The molecule has 0 atom stereocenters. The van der Waals surface area contributed by atoms with Crippen LogP contribution in [0.1, 0.15) is 81.2 Å². The summed E-state index contributed by atoms with van der Waals surface area (Å²) in [6, 6.07) is 1.22. The van der Waals surface area contributed by atoms with E-state index < -0.39 is 6.43 Å². The molecular weight excluding hydrogens is 426 g/mol. The average molecular weight is 465 g/mol. The van der Waals surface area contributed by atoms with Crippen molar-refractivity contribution < 1.29 is 13.6 Å². The third kappa shape index (κ3) is 6.88. The summed E-state index contributed by atoms with van der Waals surface area (Å²) in [6.45, 7) is 6.60. The molecule has 1 aliphatic heterocycles. The van der Waals surface area contributed by atoms with Gasteiger partial charge in [-0.05, 0) is 18.6 Å². The Kier molecular flexibility index (Phi) is 10.5. The number of pyridine rings is 1. The Morgan fingerprint density at radius 1 is 1.18 bits per heavy atom. The van der Waals surface area contributed by atoms with Crippen molar-refractivity contribution in [1.82, 2.24) is 25.4 Å². The molecule has 3 heterocycles. The first-order valence-electron chi connectivity index (χ1n) is 11.9. The molecule has 0 saturated heterocycles. The van der Waals surface area contributed by atoms with Crippen molar-refractivity contribution in [3.63, 3.8) is 0 Å². The molecule has 1 aliphatic carbocycles. The van der Waals surface area contributed by atoms with Gasteiger partial charge in [0.25, 0.3) is 6.43 Å². The molecule has 9 heteroatoms. The lowest BCUT2D eigenvalue weighted by Crippen LogP contribution is -2.41. The largest absolute Gasteiger partial charge is 0.341 e. The fourth-order valence-electron chi connectivity index (χ4n) is 4.00. The SMILES string of the molecule is C1CCCCC1.CC.CNC(=O)N1CCc2[nH]nc(N(C)c3cc(C(F)F)c(C)cn3)c2C1. The Morgan fingerprint density at radius 3 is 2.33 bits per heavy atom. The molecule has 2 aromatic heterocycles. The molecule has 1 fully saturated rings. The van der Waals surface area contributed by atoms with Crippen LogP contribution in [0.2, 0.25) is 0 Å². The second-order valence-corrected chi connectivity index (χ2v) is 8.11. The summed E-state index contributed by atoms with van der Waals surface area (Å²) in [5, 5.41) is 9.89. The molecule has 0 spiro atoms. The zero-order valence-electron chi connectivity index (χ0n) is 20.5. The Morgan fingerprint density at radius 2 is 1.79 bits per heavy atom. The molecule has 0 radical (unpaired) electrons. The van der Waals surface area contributed by atoms with Crippen molar-refractivity contribution in [3.8, 4) is 0 Å². The van der Waals surface area contributed by atoms with Crippen LogP contribution in [0, 0.1) is 6.92 Å². The Labute approximate surface area is 196 Å². The average Bonchev–Trinajstić information content (AvgIpc) is 3.29. The van der Waals surface area contributed by atoms with Gasteiger partial charge in [-0.3, -0.25) is 5.10 Å². The number of rotatable bonds is 3. The van der Waals surface area contributed by atoms with Gasteiger partial charge in [-0.2, -0.15) is 5.10 Å². The lowest BCUT2D eigenvalue weighted by molar-refractivity contribution is 0.150. The first-order valence-corrected chi connectivity index (χ1v) is 11.9. The number of aryl methyl sites for hydroxylation is 1. The quantitative estimate of drug-likeness (QED) is 0.594. The van der Waals surface area contributed by atoms with Crippen LogP contribution in [0.4, 0.5) is 25.2 Å².